The van der Waals surface area contributed by atoms with Crippen LogP contribution in [0.2, 0.25) is 0 Å². The average Bonchev–Trinajstić information content (AvgIpc) is 2.74. The van der Waals surface area contributed by atoms with Gasteiger partial charge >= 0.3 is 0 Å². The normalized spacial score (nSPS) is 16.8. The number of hydrogen-bond acceptors (Lipinski definition) is 8. The van der Waals surface area contributed by atoms with E-state index >= 15 is 0 Å². The number of aliphatic imine (C=N–C) groups is 1. The number of nitrogens with two attached hydrogens (primary N) is 1. The molecule has 0 saturated carbocycles. The predicted molar refractivity (Wildman–Crippen MR) is 125 cm³/mol. The van der Waals surface area contributed by atoms with Crippen LogP contribution in [-0.2, 0) is 38.2 Å². The quantitative estimate of drug-likeness (QED) is 0.380. The molecule has 1 atom stereocenters. The third-order valence-corrected chi connectivity index (χ3v) is 5.30. The summed E-state index contributed by atoms with van der Waals surface area (Å²) in [5.41, 5.74) is 11.8. The molecule has 31 heavy (non-hydrogen) atoms. The van der Waals surface area contributed by atoms with Gasteiger partial charge in [0, 0.05) is 57.1 Å². The van der Waals surface area contributed by atoms with Gasteiger partial charge < -0.3 is 32.3 Å². The number of thioether (sulfide) groups is 1. The maximum absolute atomic E-state index is 10.6. The molecule has 10 heteroatoms. The van der Waals surface area contributed by atoms with Crippen LogP contribution in [0.4, 0.5) is 5.69 Å². The molecule has 3 rings (SSSR count). The smallest absolute Gasteiger partial charge is 0.154 e. The van der Waals surface area contributed by atoms with Crippen molar-refractivity contribution in [2.45, 2.75) is 18.9 Å². The summed E-state index contributed by atoms with van der Waals surface area (Å²) in [4.78, 5) is 20.1. The fourth-order valence-corrected chi connectivity index (χ4v) is 3.83. The summed E-state index contributed by atoms with van der Waals surface area (Å²) in [6.07, 6.45) is 1.82. The molecule has 2 aromatic carbocycles. The summed E-state index contributed by atoms with van der Waals surface area (Å²) in [7, 11) is 5.04. The molecular weight excluding hydrogens is 491 g/mol. The van der Waals surface area contributed by atoms with Gasteiger partial charge in [0.15, 0.2) is 5.17 Å². The number of methoxy groups -OCH3 is 1. The van der Waals surface area contributed by atoms with Crippen LogP contribution in [0.5, 0.6) is 11.5 Å². The minimum atomic E-state index is -0.239. The summed E-state index contributed by atoms with van der Waals surface area (Å²) in [5, 5.41) is 3.65. The van der Waals surface area contributed by atoms with E-state index in [-0.39, 0.29) is 44.4 Å². The first kappa shape index (κ1) is 29.4. The second-order valence-electron chi connectivity index (χ2n) is 6.45. The molecule has 8 nitrogen and oxygen atoms in total. The summed E-state index contributed by atoms with van der Waals surface area (Å²) >= 11 is 1.59. The molecule has 0 spiro atoms. The molecular formula is C21H30N5O3SY-. The van der Waals surface area contributed by atoms with E-state index in [4.69, 9.17) is 15.3 Å². The van der Waals surface area contributed by atoms with Gasteiger partial charge in [-0.15, -0.1) is 7.05 Å². The van der Waals surface area contributed by atoms with Crippen LogP contribution < -0.4 is 26.8 Å². The molecule has 0 saturated heterocycles. The van der Waals surface area contributed by atoms with Crippen molar-refractivity contribution in [3.63, 3.8) is 0 Å². The van der Waals surface area contributed by atoms with Gasteiger partial charge in [-0.05, 0) is 31.0 Å². The first-order valence-electron chi connectivity index (χ1n) is 9.11. The van der Waals surface area contributed by atoms with Crippen LogP contribution in [0.3, 0.4) is 0 Å². The molecule has 1 radical (unpaired) electrons. The van der Waals surface area contributed by atoms with Crippen LogP contribution in [0.25, 0.3) is 5.48 Å². The van der Waals surface area contributed by atoms with E-state index in [1.807, 2.05) is 43.4 Å². The van der Waals surface area contributed by atoms with Gasteiger partial charge in [0.2, 0.25) is 0 Å². The van der Waals surface area contributed by atoms with Gasteiger partial charge in [0.1, 0.15) is 17.8 Å². The Balaban J connectivity index is 0.000000557. The number of carbonyl (C=O) groups excluding carboxylic acids is 1. The van der Waals surface area contributed by atoms with E-state index in [1.54, 1.807) is 32.0 Å². The molecule has 1 aliphatic rings. The Bertz CT molecular complexity index is 851. The third kappa shape index (κ3) is 8.42. The van der Waals surface area contributed by atoms with E-state index in [2.05, 4.69) is 22.7 Å². The zero-order valence-electron chi connectivity index (χ0n) is 18.4. The molecule has 1 aliphatic heterocycles. The Morgan fingerprint density at radius 3 is 2.45 bits per heavy atom. The Morgan fingerprint density at radius 1 is 1.26 bits per heavy atom. The summed E-state index contributed by atoms with van der Waals surface area (Å²) < 4.78 is 5.12. The number of amidine groups is 1. The average molecular weight is 521 g/mol. The number of aldehydes is 1. The second-order valence-corrected chi connectivity index (χ2v) is 7.56. The first-order valence-corrected chi connectivity index (χ1v) is 10.1. The van der Waals surface area contributed by atoms with E-state index in [9.17, 15) is 4.79 Å². The Morgan fingerprint density at radius 2 is 1.94 bits per heavy atom. The number of hydrogen-bond donors (Lipinski definition) is 3. The molecule has 1 heterocycles. The van der Waals surface area contributed by atoms with Gasteiger partial charge in [-0.25, -0.2) is 0 Å². The molecule has 6 N–H and O–H groups in total. The molecule has 167 valence electrons. The molecule has 1 unspecified atom stereocenters. The standard InChI is InChI=1S/C12H14N2OS.C9H13N2O2.H3N.Y/c1-12(6-7-16-11(13)14-12)10-4-2-9(8-15)3-5-10;1-10-8-6-7(13-11-2)4-5-9(8)12-3;;/h2-5,8H,6-7H2,1H3,(H2,13,14);4-6,10H,1-3H3;1H3;/q;-1;;. The van der Waals surface area contributed by atoms with Crippen molar-refractivity contribution in [2.75, 3.05) is 32.3 Å². The molecule has 2 aromatic rings. The van der Waals surface area contributed by atoms with Gasteiger partial charge in [0.05, 0.1) is 18.3 Å². The van der Waals surface area contributed by atoms with E-state index in [1.165, 1.54) is 0 Å². The Hall–Kier alpha value is -1.65. The number of ether oxygens (including phenoxy) is 1. The summed E-state index contributed by atoms with van der Waals surface area (Å²) in [6, 6.07) is 13.0. The number of rotatable bonds is 6. The predicted octanol–water partition coefficient (Wildman–Crippen LogP) is 4.36. The van der Waals surface area contributed by atoms with Crippen molar-refractivity contribution in [3.8, 4) is 11.5 Å². The van der Waals surface area contributed by atoms with Crippen LogP contribution in [0.1, 0.15) is 29.3 Å². The third-order valence-electron chi connectivity index (χ3n) is 4.50. The van der Waals surface area contributed by atoms with Crippen molar-refractivity contribution in [1.29, 1.82) is 0 Å². The number of nitrogens with zero attached hydrogens (tertiary/aromatic N) is 2. The Labute approximate surface area is 213 Å². The zero-order valence-corrected chi connectivity index (χ0v) is 22.1. The van der Waals surface area contributed by atoms with Crippen molar-refractivity contribution in [2.24, 2.45) is 10.7 Å². The number of hydroxylamine groups is 1. The SMILES string of the molecule is CC1(c2ccc(C=O)cc2)CCSC(N)=N1.C[N-]Oc1ccc(OC)c(NC)c1.N.[Y]. The van der Waals surface area contributed by atoms with Crippen LogP contribution in [-0.4, -0.2) is 38.4 Å². The van der Waals surface area contributed by atoms with E-state index in [0.29, 0.717) is 16.5 Å². The maximum atomic E-state index is 10.6. The summed E-state index contributed by atoms with van der Waals surface area (Å²) in [6.45, 7) is 2.08. The van der Waals surface area contributed by atoms with Gasteiger partial charge in [-0.3, -0.25) is 9.79 Å². The van der Waals surface area contributed by atoms with Gasteiger partial charge in [0.25, 0.3) is 0 Å². The van der Waals surface area contributed by atoms with Gasteiger partial charge in [-0.1, -0.05) is 36.0 Å². The van der Waals surface area contributed by atoms with Crippen molar-refractivity contribution in [3.05, 3.63) is 59.1 Å². The molecule has 0 fully saturated rings. The van der Waals surface area contributed by atoms with Crippen molar-refractivity contribution < 1.29 is 47.1 Å². The van der Waals surface area contributed by atoms with Crippen LogP contribution >= 0.6 is 11.8 Å². The number of benzene rings is 2. The number of anilines is 1. The fourth-order valence-electron chi connectivity index (χ4n) is 2.86. The number of nitrogens with one attached hydrogen (secondary N) is 1. The Kier molecular flexibility index (Phi) is 13.7. The van der Waals surface area contributed by atoms with E-state index < -0.39 is 0 Å². The van der Waals surface area contributed by atoms with Crippen molar-refractivity contribution in [1.82, 2.24) is 6.15 Å². The molecule has 0 aliphatic carbocycles. The largest absolute Gasteiger partial charge is 0.587 e. The van der Waals surface area contributed by atoms with Crippen LogP contribution in [0, 0.1) is 0 Å². The first-order chi connectivity index (χ1) is 14.0. The number of carbonyl (C=O) groups is 1. The monoisotopic (exact) mass is 521 g/mol. The van der Waals surface area contributed by atoms with E-state index in [0.717, 1.165) is 35.5 Å². The molecule has 0 bridgehead atoms. The zero-order chi connectivity index (χ0) is 21.3. The molecule has 0 aromatic heterocycles. The fraction of sp³-hybridized carbons (Fsp3) is 0.333. The van der Waals surface area contributed by atoms with Crippen molar-refractivity contribution >= 4 is 28.9 Å². The molecule has 0 amide bonds. The minimum absolute atomic E-state index is 0. The second kappa shape index (κ2) is 14.4. The maximum Gasteiger partial charge on any atom is 0.154 e. The topological polar surface area (TPSA) is 135 Å². The van der Waals surface area contributed by atoms with Crippen LogP contribution in [0.15, 0.2) is 47.5 Å². The minimum Gasteiger partial charge on any atom is -0.587 e. The van der Waals surface area contributed by atoms with Gasteiger partial charge in [-0.2, -0.15) is 0 Å². The summed E-state index contributed by atoms with van der Waals surface area (Å²) in [5.74, 6) is 2.46.